The molecular weight excluding hydrogens is 242 g/mol. The van der Waals surface area contributed by atoms with E-state index in [9.17, 15) is 4.79 Å². The Morgan fingerprint density at radius 1 is 1.37 bits per heavy atom. The zero-order valence-electron chi connectivity index (χ0n) is 10.6. The quantitative estimate of drug-likeness (QED) is 0.854. The van der Waals surface area contributed by atoms with Crippen LogP contribution in [0.2, 0.25) is 0 Å². The second-order valence-corrected chi connectivity index (χ2v) is 4.03. The van der Waals surface area contributed by atoms with E-state index in [0.717, 1.165) is 12.1 Å². The van der Waals surface area contributed by atoms with Gasteiger partial charge < -0.3 is 15.8 Å². The molecule has 0 atom stereocenters. The molecule has 2 aromatic rings. The lowest BCUT2D eigenvalue weighted by molar-refractivity contribution is 0.1000. The van der Waals surface area contributed by atoms with Crippen LogP contribution in [0, 0.1) is 0 Å². The number of aromatic nitrogens is 1. The van der Waals surface area contributed by atoms with Gasteiger partial charge in [-0.15, -0.1) is 0 Å². The van der Waals surface area contributed by atoms with E-state index >= 15 is 0 Å². The van der Waals surface area contributed by atoms with Gasteiger partial charge in [-0.05, 0) is 30.8 Å². The number of hydrogen-bond donors (Lipinski definition) is 2. The highest BCUT2D eigenvalue weighted by molar-refractivity contribution is 5.92. The van der Waals surface area contributed by atoms with Gasteiger partial charge in [0.1, 0.15) is 5.75 Å². The molecule has 0 unspecified atom stereocenters. The molecule has 0 aliphatic rings. The summed E-state index contributed by atoms with van der Waals surface area (Å²) in [5.41, 5.74) is 6.62. The summed E-state index contributed by atoms with van der Waals surface area (Å²) in [7, 11) is 1.89. The smallest absolute Gasteiger partial charge is 0.250 e. The molecule has 3 N–H and O–H groups in total. The summed E-state index contributed by atoms with van der Waals surface area (Å²) >= 11 is 0. The molecular formula is C14H15N3O2. The highest BCUT2D eigenvalue weighted by Gasteiger charge is 2.03. The first kappa shape index (κ1) is 13.0. The van der Waals surface area contributed by atoms with Gasteiger partial charge in [0.2, 0.25) is 11.8 Å². The first-order valence-electron chi connectivity index (χ1n) is 5.86. The van der Waals surface area contributed by atoms with Crippen LogP contribution >= 0.6 is 0 Å². The van der Waals surface area contributed by atoms with Gasteiger partial charge in [-0.3, -0.25) is 4.79 Å². The summed E-state index contributed by atoms with van der Waals surface area (Å²) in [5, 5.41) is 3.07. The average Bonchev–Trinajstić information content (AvgIpc) is 2.40. The first-order valence-corrected chi connectivity index (χ1v) is 5.86. The van der Waals surface area contributed by atoms with Gasteiger partial charge in [-0.1, -0.05) is 12.1 Å². The maximum Gasteiger partial charge on any atom is 0.250 e. The number of nitrogens with zero attached hydrogens (tertiary/aromatic N) is 1. The van der Waals surface area contributed by atoms with E-state index in [1.54, 1.807) is 12.1 Å². The molecule has 0 saturated carbocycles. The van der Waals surface area contributed by atoms with Gasteiger partial charge in [-0.25, -0.2) is 4.98 Å². The van der Waals surface area contributed by atoms with E-state index in [4.69, 9.17) is 10.5 Å². The Morgan fingerprint density at radius 3 is 2.84 bits per heavy atom. The van der Waals surface area contributed by atoms with Gasteiger partial charge in [0.05, 0.1) is 5.56 Å². The van der Waals surface area contributed by atoms with Crippen molar-refractivity contribution >= 4 is 5.91 Å². The fraction of sp³-hybridized carbons (Fsp3) is 0.143. The van der Waals surface area contributed by atoms with E-state index in [-0.39, 0.29) is 0 Å². The van der Waals surface area contributed by atoms with Crippen LogP contribution in [0.15, 0.2) is 42.6 Å². The predicted molar refractivity (Wildman–Crippen MR) is 72.0 cm³/mol. The third-order valence-electron chi connectivity index (χ3n) is 2.52. The molecule has 98 valence electrons. The summed E-state index contributed by atoms with van der Waals surface area (Å²) in [6.07, 6.45) is 1.40. The Hall–Kier alpha value is -2.40. The Kier molecular flexibility index (Phi) is 4.10. The van der Waals surface area contributed by atoms with Crippen LogP contribution in [0.25, 0.3) is 0 Å². The molecule has 5 heteroatoms. The number of nitrogens with one attached hydrogen (secondary N) is 1. The molecule has 1 amide bonds. The molecule has 0 saturated heterocycles. The van der Waals surface area contributed by atoms with E-state index < -0.39 is 5.91 Å². The third kappa shape index (κ3) is 3.53. The standard InChI is InChI=1S/C14H15N3O2/c1-16-8-10-3-2-4-12(7-10)19-13-6-5-11(9-17-13)14(15)18/h2-7,9,16H,8H2,1H3,(H2,15,18). The monoisotopic (exact) mass is 257 g/mol. The molecule has 1 heterocycles. The van der Waals surface area contributed by atoms with Crippen molar-refractivity contribution in [1.82, 2.24) is 10.3 Å². The summed E-state index contributed by atoms with van der Waals surface area (Å²) in [5.74, 6) is 0.619. The van der Waals surface area contributed by atoms with Gasteiger partial charge in [0.15, 0.2) is 0 Å². The Balaban J connectivity index is 2.12. The number of pyridine rings is 1. The van der Waals surface area contributed by atoms with Gasteiger partial charge in [0.25, 0.3) is 0 Å². The van der Waals surface area contributed by atoms with Crippen molar-refractivity contribution in [2.24, 2.45) is 5.73 Å². The number of hydrogen-bond acceptors (Lipinski definition) is 4. The van der Waals surface area contributed by atoms with Gasteiger partial charge >= 0.3 is 0 Å². The minimum atomic E-state index is -0.505. The number of nitrogens with two attached hydrogens (primary N) is 1. The topological polar surface area (TPSA) is 77.2 Å². The van der Waals surface area contributed by atoms with Crippen LogP contribution in [0.3, 0.4) is 0 Å². The average molecular weight is 257 g/mol. The Labute approximate surface area is 111 Å². The molecule has 0 fully saturated rings. The summed E-state index contributed by atoms with van der Waals surface area (Å²) in [6.45, 7) is 0.769. The van der Waals surface area contributed by atoms with Crippen molar-refractivity contribution in [3.63, 3.8) is 0 Å². The first-order chi connectivity index (χ1) is 9.19. The summed E-state index contributed by atoms with van der Waals surface area (Å²) in [6, 6.07) is 10.9. The molecule has 19 heavy (non-hydrogen) atoms. The number of primary amides is 1. The van der Waals surface area contributed by atoms with Gasteiger partial charge in [-0.2, -0.15) is 0 Å². The normalized spacial score (nSPS) is 10.2. The minimum Gasteiger partial charge on any atom is -0.439 e. The Morgan fingerprint density at radius 2 is 2.21 bits per heavy atom. The minimum absolute atomic E-state index is 0.358. The molecule has 0 aliphatic carbocycles. The third-order valence-corrected chi connectivity index (χ3v) is 2.52. The van der Waals surface area contributed by atoms with Crippen LogP contribution in [0.5, 0.6) is 11.6 Å². The number of amides is 1. The van der Waals surface area contributed by atoms with Crippen LogP contribution < -0.4 is 15.8 Å². The fourth-order valence-corrected chi connectivity index (χ4v) is 1.63. The summed E-state index contributed by atoms with van der Waals surface area (Å²) < 4.78 is 5.61. The van der Waals surface area contributed by atoms with Crippen molar-refractivity contribution in [2.45, 2.75) is 6.54 Å². The predicted octanol–water partition coefficient (Wildman–Crippen LogP) is 1.69. The second-order valence-electron chi connectivity index (χ2n) is 4.03. The van der Waals surface area contributed by atoms with Crippen LogP contribution in [0.4, 0.5) is 0 Å². The molecule has 1 aromatic carbocycles. The van der Waals surface area contributed by atoms with Crippen LogP contribution in [0.1, 0.15) is 15.9 Å². The zero-order chi connectivity index (χ0) is 13.7. The van der Waals surface area contributed by atoms with Crippen molar-refractivity contribution < 1.29 is 9.53 Å². The van der Waals surface area contributed by atoms with Crippen molar-refractivity contribution in [1.29, 1.82) is 0 Å². The highest BCUT2D eigenvalue weighted by Crippen LogP contribution is 2.20. The molecule has 5 nitrogen and oxygen atoms in total. The van der Waals surface area contributed by atoms with Gasteiger partial charge in [0, 0.05) is 18.8 Å². The maximum atomic E-state index is 10.9. The van der Waals surface area contributed by atoms with Crippen LogP contribution in [-0.4, -0.2) is 17.9 Å². The largest absolute Gasteiger partial charge is 0.439 e. The lowest BCUT2D eigenvalue weighted by Crippen LogP contribution is -2.10. The molecule has 0 aliphatic heterocycles. The molecule has 0 spiro atoms. The van der Waals surface area contributed by atoms with E-state index in [0.29, 0.717) is 17.2 Å². The Bertz CT molecular complexity index is 567. The number of ether oxygens (including phenoxy) is 1. The number of rotatable bonds is 5. The number of carbonyl (C=O) groups excluding carboxylic acids is 1. The van der Waals surface area contributed by atoms with Crippen molar-refractivity contribution in [3.05, 3.63) is 53.7 Å². The molecule has 1 aromatic heterocycles. The fourth-order valence-electron chi connectivity index (χ4n) is 1.63. The zero-order valence-corrected chi connectivity index (χ0v) is 10.6. The number of carbonyl (C=O) groups is 1. The lowest BCUT2D eigenvalue weighted by atomic mass is 10.2. The van der Waals surface area contributed by atoms with E-state index in [1.807, 2.05) is 31.3 Å². The molecule has 0 radical (unpaired) electrons. The SMILES string of the molecule is CNCc1cccc(Oc2ccc(C(N)=O)cn2)c1. The lowest BCUT2D eigenvalue weighted by Gasteiger charge is -2.07. The molecule has 2 rings (SSSR count). The van der Waals surface area contributed by atoms with E-state index in [1.165, 1.54) is 6.20 Å². The second kappa shape index (κ2) is 5.97. The number of benzene rings is 1. The van der Waals surface area contributed by atoms with Crippen molar-refractivity contribution in [2.75, 3.05) is 7.05 Å². The van der Waals surface area contributed by atoms with Crippen molar-refractivity contribution in [3.8, 4) is 11.6 Å². The van der Waals surface area contributed by atoms with E-state index in [2.05, 4.69) is 10.3 Å². The summed E-state index contributed by atoms with van der Waals surface area (Å²) in [4.78, 5) is 15.0. The van der Waals surface area contributed by atoms with Crippen LogP contribution in [-0.2, 0) is 6.54 Å². The highest BCUT2D eigenvalue weighted by atomic mass is 16.5. The molecule has 0 bridgehead atoms. The maximum absolute atomic E-state index is 10.9.